The Morgan fingerprint density at radius 1 is 1.10 bits per heavy atom. The molecule has 0 fully saturated rings. The van der Waals surface area contributed by atoms with Gasteiger partial charge in [0.25, 0.3) is 0 Å². The van der Waals surface area contributed by atoms with Crippen molar-refractivity contribution in [1.29, 1.82) is 0 Å². The fourth-order valence-electron chi connectivity index (χ4n) is 2.22. The number of pyridine rings is 1. The third-order valence-corrected chi connectivity index (χ3v) is 3.60. The molecule has 2 aromatic rings. The van der Waals surface area contributed by atoms with E-state index in [1.54, 1.807) is 7.11 Å². The summed E-state index contributed by atoms with van der Waals surface area (Å²) in [5.41, 5.74) is 4.48. The van der Waals surface area contributed by atoms with Gasteiger partial charge in [0, 0.05) is 17.8 Å². The van der Waals surface area contributed by atoms with Crippen LogP contribution < -0.4 is 10.1 Å². The molecule has 3 heteroatoms. The Bertz CT molecular complexity index is 564. The fraction of sp³-hybridized carbons (Fsp3) is 0.389. The first kappa shape index (κ1) is 15.5. The second-order valence-corrected chi connectivity index (χ2v) is 5.20. The highest BCUT2D eigenvalue weighted by molar-refractivity contribution is 5.60. The van der Waals surface area contributed by atoms with E-state index in [1.165, 1.54) is 18.4 Å². The summed E-state index contributed by atoms with van der Waals surface area (Å²) in [4.78, 5) is 4.72. The highest BCUT2D eigenvalue weighted by atomic mass is 16.5. The van der Waals surface area contributed by atoms with E-state index in [0.29, 0.717) is 0 Å². The van der Waals surface area contributed by atoms with E-state index in [-0.39, 0.29) is 0 Å². The van der Waals surface area contributed by atoms with Gasteiger partial charge in [-0.15, -0.1) is 0 Å². The molecular formula is C18H24N2O. The molecule has 112 valence electrons. The summed E-state index contributed by atoms with van der Waals surface area (Å²) in [5.74, 6) is 0.868. The molecule has 0 aliphatic carbocycles. The molecular weight excluding hydrogens is 260 g/mol. The first-order valence-electron chi connectivity index (χ1n) is 7.56. The van der Waals surface area contributed by atoms with Crippen LogP contribution in [0.1, 0.15) is 31.0 Å². The van der Waals surface area contributed by atoms with Crippen molar-refractivity contribution < 1.29 is 4.74 Å². The van der Waals surface area contributed by atoms with Crippen LogP contribution in [-0.2, 0) is 6.54 Å². The molecule has 0 amide bonds. The lowest BCUT2D eigenvalue weighted by Crippen LogP contribution is -2.15. The monoisotopic (exact) mass is 284 g/mol. The number of methoxy groups -OCH3 is 1. The lowest BCUT2D eigenvalue weighted by Gasteiger charge is -2.09. The van der Waals surface area contributed by atoms with Crippen LogP contribution in [0.2, 0.25) is 0 Å². The number of aromatic nitrogens is 1. The summed E-state index contributed by atoms with van der Waals surface area (Å²) in [6.07, 6.45) is 2.44. The molecule has 0 spiro atoms. The molecule has 0 bridgehead atoms. The lowest BCUT2D eigenvalue weighted by atomic mass is 10.1. The normalized spacial score (nSPS) is 10.6. The standard InChI is InChI=1S/C18H24N2O/c1-4-5-12-19-13-16-8-11-18(20-14(16)2)15-6-9-17(21-3)10-7-15/h6-11,19H,4-5,12-13H2,1-3H3. The maximum absolute atomic E-state index is 5.18. The number of aryl methyl sites for hydroxylation is 1. The largest absolute Gasteiger partial charge is 0.497 e. The zero-order valence-corrected chi connectivity index (χ0v) is 13.1. The number of rotatable bonds is 7. The molecule has 0 aliphatic rings. The van der Waals surface area contributed by atoms with Crippen molar-refractivity contribution in [2.45, 2.75) is 33.2 Å². The summed E-state index contributed by atoms with van der Waals surface area (Å²) in [6, 6.07) is 12.3. The molecule has 2 rings (SSSR count). The van der Waals surface area contributed by atoms with Gasteiger partial charge in [-0.1, -0.05) is 19.4 Å². The molecule has 3 nitrogen and oxygen atoms in total. The highest BCUT2D eigenvalue weighted by Gasteiger charge is 2.04. The van der Waals surface area contributed by atoms with Crippen LogP contribution in [0, 0.1) is 6.92 Å². The first-order chi connectivity index (χ1) is 10.2. The van der Waals surface area contributed by atoms with Crippen molar-refractivity contribution in [2.75, 3.05) is 13.7 Å². The predicted molar refractivity (Wildman–Crippen MR) is 87.6 cm³/mol. The fourth-order valence-corrected chi connectivity index (χ4v) is 2.22. The summed E-state index contributed by atoms with van der Waals surface area (Å²) < 4.78 is 5.18. The Balaban J connectivity index is 2.06. The summed E-state index contributed by atoms with van der Waals surface area (Å²) >= 11 is 0. The van der Waals surface area contributed by atoms with Gasteiger partial charge in [-0.05, 0) is 55.8 Å². The van der Waals surface area contributed by atoms with Crippen LogP contribution in [0.15, 0.2) is 36.4 Å². The minimum absolute atomic E-state index is 0.868. The Morgan fingerprint density at radius 3 is 2.48 bits per heavy atom. The summed E-state index contributed by atoms with van der Waals surface area (Å²) in [6.45, 7) is 6.24. The first-order valence-corrected chi connectivity index (χ1v) is 7.56. The Labute approximate surface area is 127 Å². The molecule has 1 heterocycles. The van der Waals surface area contributed by atoms with Crippen LogP contribution in [0.4, 0.5) is 0 Å². The van der Waals surface area contributed by atoms with Crippen molar-refractivity contribution >= 4 is 0 Å². The van der Waals surface area contributed by atoms with Gasteiger partial charge in [-0.2, -0.15) is 0 Å². The van der Waals surface area contributed by atoms with Gasteiger partial charge < -0.3 is 10.1 Å². The van der Waals surface area contributed by atoms with Gasteiger partial charge in [0.05, 0.1) is 12.8 Å². The number of hydrogen-bond donors (Lipinski definition) is 1. The number of nitrogens with one attached hydrogen (secondary N) is 1. The van der Waals surface area contributed by atoms with Crippen molar-refractivity contribution in [1.82, 2.24) is 10.3 Å². The van der Waals surface area contributed by atoms with Gasteiger partial charge in [-0.25, -0.2) is 0 Å². The number of unbranched alkanes of at least 4 members (excludes halogenated alkanes) is 1. The van der Waals surface area contributed by atoms with Gasteiger partial charge >= 0.3 is 0 Å². The molecule has 1 aromatic heterocycles. The molecule has 0 radical (unpaired) electrons. The van der Waals surface area contributed by atoms with Crippen molar-refractivity contribution in [2.24, 2.45) is 0 Å². The van der Waals surface area contributed by atoms with Crippen molar-refractivity contribution in [3.8, 4) is 17.0 Å². The molecule has 1 N–H and O–H groups in total. The zero-order valence-electron chi connectivity index (χ0n) is 13.1. The average Bonchev–Trinajstić information content (AvgIpc) is 2.53. The van der Waals surface area contributed by atoms with E-state index in [4.69, 9.17) is 9.72 Å². The van der Waals surface area contributed by atoms with E-state index < -0.39 is 0 Å². The molecule has 0 saturated carbocycles. The second kappa shape index (κ2) is 7.79. The number of benzene rings is 1. The van der Waals surface area contributed by atoms with Crippen LogP contribution in [0.5, 0.6) is 5.75 Å². The molecule has 0 atom stereocenters. The Kier molecular flexibility index (Phi) is 5.76. The molecule has 0 saturated heterocycles. The van der Waals surface area contributed by atoms with Gasteiger partial charge in [0.15, 0.2) is 0 Å². The van der Waals surface area contributed by atoms with Crippen LogP contribution in [0.3, 0.4) is 0 Å². The predicted octanol–water partition coefficient (Wildman–Crippen LogP) is 3.96. The average molecular weight is 284 g/mol. The molecule has 21 heavy (non-hydrogen) atoms. The maximum atomic E-state index is 5.18. The smallest absolute Gasteiger partial charge is 0.118 e. The molecule has 0 unspecified atom stereocenters. The minimum atomic E-state index is 0.868. The zero-order chi connectivity index (χ0) is 15.1. The topological polar surface area (TPSA) is 34.1 Å². The van der Waals surface area contributed by atoms with E-state index in [0.717, 1.165) is 35.8 Å². The van der Waals surface area contributed by atoms with Crippen molar-refractivity contribution in [3.63, 3.8) is 0 Å². The molecule has 1 aromatic carbocycles. The third kappa shape index (κ3) is 4.30. The number of nitrogens with zero attached hydrogens (tertiary/aromatic N) is 1. The van der Waals surface area contributed by atoms with Crippen LogP contribution in [-0.4, -0.2) is 18.6 Å². The van der Waals surface area contributed by atoms with Gasteiger partial charge in [0.2, 0.25) is 0 Å². The van der Waals surface area contributed by atoms with E-state index >= 15 is 0 Å². The highest BCUT2D eigenvalue weighted by Crippen LogP contribution is 2.21. The third-order valence-electron chi connectivity index (χ3n) is 3.60. The Morgan fingerprint density at radius 2 is 1.86 bits per heavy atom. The Hall–Kier alpha value is -1.87. The second-order valence-electron chi connectivity index (χ2n) is 5.20. The van der Waals surface area contributed by atoms with Crippen LogP contribution >= 0.6 is 0 Å². The number of ether oxygens (including phenoxy) is 1. The minimum Gasteiger partial charge on any atom is -0.497 e. The summed E-state index contributed by atoms with van der Waals surface area (Å²) in [5, 5.41) is 3.46. The SMILES string of the molecule is CCCCNCc1ccc(-c2ccc(OC)cc2)nc1C. The van der Waals surface area contributed by atoms with E-state index in [1.807, 2.05) is 24.3 Å². The maximum Gasteiger partial charge on any atom is 0.118 e. The lowest BCUT2D eigenvalue weighted by molar-refractivity contribution is 0.415. The van der Waals surface area contributed by atoms with Crippen LogP contribution in [0.25, 0.3) is 11.3 Å². The van der Waals surface area contributed by atoms with Gasteiger partial charge in [0.1, 0.15) is 5.75 Å². The van der Waals surface area contributed by atoms with Gasteiger partial charge in [-0.3, -0.25) is 4.98 Å². The van der Waals surface area contributed by atoms with E-state index in [2.05, 4.69) is 31.3 Å². The number of hydrogen-bond acceptors (Lipinski definition) is 3. The summed E-state index contributed by atoms with van der Waals surface area (Å²) in [7, 11) is 1.68. The van der Waals surface area contributed by atoms with Crippen molar-refractivity contribution in [3.05, 3.63) is 47.7 Å². The quantitative estimate of drug-likeness (QED) is 0.782. The molecule has 0 aliphatic heterocycles. The van der Waals surface area contributed by atoms with E-state index in [9.17, 15) is 0 Å².